The molecule has 0 bridgehead atoms. The molecule has 0 saturated carbocycles. The third kappa shape index (κ3) is 4.18. The predicted octanol–water partition coefficient (Wildman–Crippen LogP) is 4.92. The highest BCUT2D eigenvalue weighted by molar-refractivity contribution is 7.20. The summed E-state index contributed by atoms with van der Waals surface area (Å²) in [5.74, 6) is -0.0380. The number of hydrogen-bond acceptors (Lipinski definition) is 4. The number of nitrogens with zero attached hydrogens (tertiary/aromatic N) is 1. The molecule has 1 aromatic heterocycles. The Morgan fingerprint density at radius 3 is 2.61 bits per heavy atom. The van der Waals surface area contributed by atoms with Gasteiger partial charge < -0.3 is 15.0 Å². The van der Waals surface area contributed by atoms with Gasteiger partial charge in [0.15, 0.2) is 0 Å². The fourth-order valence-electron chi connectivity index (χ4n) is 2.66. The zero-order valence-electron chi connectivity index (χ0n) is 15.7. The molecule has 0 spiro atoms. The number of carbonyl (C=O) groups is 2. The number of nitrogens with one attached hydrogen (secondary N) is 1. The quantitative estimate of drug-likeness (QED) is 0.603. The molecule has 2 amide bonds. The van der Waals surface area contributed by atoms with Gasteiger partial charge in [-0.15, -0.1) is 11.3 Å². The van der Waals surface area contributed by atoms with Gasteiger partial charge in [-0.25, -0.2) is 0 Å². The number of thiophene rings is 1. The van der Waals surface area contributed by atoms with Crippen molar-refractivity contribution in [2.45, 2.75) is 0 Å². The van der Waals surface area contributed by atoms with Gasteiger partial charge in [-0.05, 0) is 30.3 Å². The van der Waals surface area contributed by atoms with Crippen molar-refractivity contribution in [3.63, 3.8) is 0 Å². The first kappa shape index (κ1) is 19.9. The van der Waals surface area contributed by atoms with Crippen molar-refractivity contribution in [2.24, 2.45) is 0 Å². The number of amides is 2. The molecule has 0 radical (unpaired) electrons. The first-order valence-corrected chi connectivity index (χ1v) is 9.66. The Hall–Kier alpha value is -2.83. The second-order valence-electron chi connectivity index (χ2n) is 6.21. The highest BCUT2D eigenvalue weighted by atomic mass is 35.5. The largest absolute Gasteiger partial charge is 0.495 e. The van der Waals surface area contributed by atoms with Gasteiger partial charge in [0, 0.05) is 40.7 Å². The van der Waals surface area contributed by atoms with Crippen molar-refractivity contribution >= 4 is 56.6 Å². The molecular formula is C21H19ClN2O3S. The molecule has 0 aliphatic rings. The summed E-state index contributed by atoms with van der Waals surface area (Å²) >= 11 is 7.91. The minimum atomic E-state index is -0.346. The van der Waals surface area contributed by atoms with Crippen LogP contribution in [-0.4, -0.2) is 37.9 Å². The Kier molecular flexibility index (Phi) is 6.02. The van der Waals surface area contributed by atoms with Gasteiger partial charge in [-0.1, -0.05) is 29.8 Å². The minimum absolute atomic E-state index is 0.161. The van der Waals surface area contributed by atoms with E-state index in [2.05, 4.69) is 5.32 Å². The van der Waals surface area contributed by atoms with Crippen molar-refractivity contribution in [1.29, 1.82) is 0 Å². The monoisotopic (exact) mass is 414 g/mol. The smallest absolute Gasteiger partial charge is 0.253 e. The van der Waals surface area contributed by atoms with Crippen LogP contribution in [0.4, 0.5) is 5.69 Å². The zero-order valence-corrected chi connectivity index (χ0v) is 17.2. The Labute approximate surface area is 172 Å². The normalized spacial score (nSPS) is 11.0. The summed E-state index contributed by atoms with van der Waals surface area (Å²) in [6.07, 6.45) is 3.10. The molecule has 3 rings (SSSR count). The van der Waals surface area contributed by atoms with Crippen LogP contribution in [0, 0.1) is 0 Å². The van der Waals surface area contributed by atoms with Gasteiger partial charge in [0.1, 0.15) is 5.75 Å². The van der Waals surface area contributed by atoms with Crippen LogP contribution in [-0.2, 0) is 4.79 Å². The summed E-state index contributed by atoms with van der Waals surface area (Å²) in [5, 5.41) is 4.35. The standard InChI is InChI=1S/C21H19ClN2O3S/c1-24(2)21(26)13-8-9-16(27-3)15(12-13)23-19(25)11-10-18-20(22)14-6-4-5-7-17(14)28-18/h4-12H,1-3H3,(H,23,25)/b11-10+. The minimum Gasteiger partial charge on any atom is -0.495 e. The third-order valence-corrected chi connectivity index (χ3v) is 5.71. The second kappa shape index (κ2) is 8.46. The number of hydrogen-bond donors (Lipinski definition) is 1. The van der Waals surface area contributed by atoms with E-state index in [4.69, 9.17) is 16.3 Å². The van der Waals surface area contributed by atoms with Gasteiger partial charge in [0.05, 0.1) is 17.8 Å². The number of halogens is 1. The van der Waals surface area contributed by atoms with Gasteiger partial charge in [-0.3, -0.25) is 9.59 Å². The van der Waals surface area contributed by atoms with E-state index >= 15 is 0 Å². The number of fused-ring (bicyclic) bond motifs is 1. The van der Waals surface area contributed by atoms with E-state index in [9.17, 15) is 9.59 Å². The van der Waals surface area contributed by atoms with Gasteiger partial charge in [0.25, 0.3) is 5.91 Å². The highest BCUT2D eigenvalue weighted by Crippen LogP contribution is 2.36. The van der Waals surface area contributed by atoms with E-state index in [1.54, 1.807) is 38.4 Å². The summed E-state index contributed by atoms with van der Waals surface area (Å²) in [6.45, 7) is 0. The molecule has 0 aliphatic carbocycles. The van der Waals surface area contributed by atoms with E-state index < -0.39 is 0 Å². The van der Waals surface area contributed by atoms with Crippen molar-refractivity contribution < 1.29 is 14.3 Å². The molecule has 1 heterocycles. The molecular weight excluding hydrogens is 396 g/mol. The Balaban J connectivity index is 1.82. The zero-order chi connectivity index (χ0) is 20.3. The molecule has 0 unspecified atom stereocenters. The van der Waals surface area contributed by atoms with Crippen LogP contribution in [0.25, 0.3) is 16.2 Å². The Morgan fingerprint density at radius 2 is 1.93 bits per heavy atom. The number of rotatable bonds is 5. The molecule has 3 aromatic rings. The Morgan fingerprint density at radius 1 is 1.18 bits per heavy atom. The van der Waals surface area contributed by atoms with Gasteiger partial charge >= 0.3 is 0 Å². The maximum absolute atomic E-state index is 12.4. The molecule has 0 fully saturated rings. The van der Waals surface area contributed by atoms with E-state index in [1.165, 1.54) is 29.4 Å². The maximum atomic E-state index is 12.4. The van der Waals surface area contributed by atoms with Crippen molar-refractivity contribution in [3.8, 4) is 5.75 Å². The molecule has 7 heteroatoms. The second-order valence-corrected chi connectivity index (χ2v) is 7.68. The molecule has 5 nitrogen and oxygen atoms in total. The molecule has 1 N–H and O–H groups in total. The predicted molar refractivity (Wildman–Crippen MR) is 116 cm³/mol. The lowest BCUT2D eigenvalue weighted by atomic mass is 10.1. The molecule has 2 aromatic carbocycles. The highest BCUT2D eigenvalue weighted by Gasteiger charge is 2.13. The lowest BCUT2D eigenvalue weighted by Crippen LogP contribution is -2.22. The maximum Gasteiger partial charge on any atom is 0.253 e. The van der Waals surface area contributed by atoms with Crippen LogP contribution in [0.15, 0.2) is 48.5 Å². The lowest BCUT2D eigenvalue weighted by molar-refractivity contribution is -0.111. The number of methoxy groups -OCH3 is 1. The van der Waals surface area contributed by atoms with Crippen molar-refractivity contribution in [2.75, 3.05) is 26.5 Å². The van der Waals surface area contributed by atoms with Crippen LogP contribution in [0.2, 0.25) is 5.02 Å². The topological polar surface area (TPSA) is 58.6 Å². The summed E-state index contributed by atoms with van der Waals surface area (Å²) in [5.41, 5.74) is 0.880. The molecule has 28 heavy (non-hydrogen) atoms. The summed E-state index contributed by atoms with van der Waals surface area (Å²) in [7, 11) is 4.84. The molecule has 0 saturated heterocycles. The van der Waals surface area contributed by atoms with Crippen molar-refractivity contribution in [1.82, 2.24) is 4.90 Å². The fraction of sp³-hybridized carbons (Fsp3) is 0.143. The van der Waals surface area contributed by atoms with Crippen LogP contribution >= 0.6 is 22.9 Å². The first-order valence-electron chi connectivity index (χ1n) is 8.46. The van der Waals surface area contributed by atoms with Crippen LogP contribution in [0.1, 0.15) is 15.2 Å². The average Bonchev–Trinajstić information content (AvgIpc) is 3.01. The molecule has 0 aliphatic heterocycles. The lowest BCUT2D eigenvalue weighted by Gasteiger charge is -2.13. The summed E-state index contributed by atoms with van der Waals surface area (Å²) in [6, 6.07) is 12.7. The van der Waals surface area contributed by atoms with E-state index in [1.807, 2.05) is 24.3 Å². The number of benzene rings is 2. The number of anilines is 1. The Bertz CT molecular complexity index is 1070. The van der Waals surface area contributed by atoms with Gasteiger partial charge in [0.2, 0.25) is 5.91 Å². The fourth-order valence-corrected chi connectivity index (χ4v) is 4.06. The molecule has 0 atom stereocenters. The average molecular weight is 415 g/mol. The van der Waals surface area contributed by atoms with E-state index in [-0.39, 0.29) is 11.8 Å². The van der Waals surface area contributed by atoms with Crippen molar-refractivity contribution in [3.05, 3.63) is 64.0 Å². The van der Waals surface area contributed by atoms with Crippen LogP contribution < -0.4 is 10.1 Å². The van der Waals surface area contributed by atoms with E-state index in [0.29, 0.717) is 22.0 Å². The van der Waals surface area contributed by atoms with E-state index in [0.717, 1.165) is 15.0 Å². The summed E-state index contributed by atoms with van der Waals surface area (Å²) in [4.78, 5) is 26.8. The third-order valence-electron chi connectivity index (χ3n) is 4.06. The first-order chi connectivity index (χ1) is 13.4. The molecule has 144 valence electrons. The van der Waals surface area contributed by atoms with Crippen LogP contribution in [0.3, 0.4) is 0 Å². The summed E-state index contributed by atoms with van der Waals surface area (Å²) < 4.78 is 6.34. The SMILES string of the molecule is COc1ccc(C(=O)N(C)C)cc1NC(=O)/C=C/c1sc2ccccc2c1Cl. The number of carbonyl (C=O) groups excluding carboxylic acids is 2. The van der Waals surface area contributed by atoms with Crippen LogP contribution in [0.5, 0.6) is 5.75 Å². The van der Waals surface area contributed by atoms with Gasteiger partial charge in [-0.2, -0.15) is 0 Å². The number of ether oxygens (including phenoxy) is 1.